The van der Waals surface area contributed by atoms with E-state index in [1.807, 2.05) is 17.5 Å². The van der Waals surface area contributed by atoms with Crippen LogP contribution in [0.4, 0.5) is 0 Å². The van der Waals surface area contributed by atoms with Crippen LogP contribution in [0.1, 0.15) is 23.3 Å². The van der Waals surface area contributed by atoms with Gasteiger partial charge in [-0.2, -0.15) is 4.31 Å². The molecule has 2 aromatic carbocycles. The van der Waals surface area contributed by atoms with E-state index in [1.54, 1.807) is 24.3 Å². The van der Waals surface area contributed by atoms with Crippen molar-refractivity contribution < 1.29 is 21.6 Å². The Morgan fingerprint density at radius 2 is 1.68 bits per heavy atom. The van der Waals surface area contributed by atoms with E-state index in [4.69, 9.17) is 16.3 Å². The monoisotopic (exact) mass is 540 g/mol. The molecule has 1 saturated heterocycles. The fraction of sp³-hybridized carbons (Fsp3) is 0.304. The number of halogens is 1. The van der Waals surface area contributed by atoms with Crippen molar-refractivity contribution in [2.45, 2.75) is 41.8 Å². The molecule has 1 fully saturated rings. The molecule has 1 aliphatic heterocycles. The van der Waals surface area contributed by atoms with Gasteiger partial charge < -0.3 is 4.74 Å². The average molecular weight is 541 g/mol. The molecule has 0 spiro atoms. The van der Waals surface area contributed by atoms with Crippen LogP contribution in [0.25, 0.3) is 0 Å². The first-order valence-electron chi connectivity index (χ1n) is 10.7. The quantitative estimate of drug-likeness (QED) is 0.415. The third-order valence-electron chi connectivity index (χ3n) is 5.48. The van der Waals surface area contributed by atoms with Crippen LogP contribution in [0.5, 0.6) is 0 Å². The lowest BCUT2D eigenvalue weighted by atomic mass is 10.2. The lowest BCUT2D eigenvalue weighted by Gasteiger charge is -2.22. The van der Waals surface area contributed by atoms with Crippen LogP contribution < -0.4 is 4.72 Å². The second-order valence-corrected chi connectivity index (χ2v) is 13.1. The summed E-state index contributed by atoms with van der Waals surface area (Å²) in [5.41, 5.74) is 0.794. The smallest absolute Gasteiger partial charge is 0.243 e. The summed E-state index contributed by atoms with van der Waals surface area (Å²) < 4.78 is 61.7. The van der Waals surface area contributed by atoms with Crippen molar-refractivity contribution in [3.8, 4) is 0 Å². The van der Waals surface area contributed by atoms with E-state index >= 15 is 0 Å². The Labute approximate surface area is 209 Å². The Kier molecular flexibility index (Phi) is 8.08. The van der Waals surface area contributed by atoms with Gasteiger partial charge in [-0.1, -0.05) is 29.8 Å². The highest BCUT2D eigenvalue weighted by Gasteiger charge is 2.27. The molecule has 0 radical (unpaired) electrons. The fourth-order valence-electron chi connectivity index (χ4n) is 3.63. The molecule has 1 N–H and O–H groups in total. The third kappa shape index (κ3) is 6.25. The summed E-state index contributed by atoms with van der Waals surface area (Å²) in [6.45, 7) is 1.18. The zero-order valence-electron chi connectivity index (χ0n) is 18.3. The molecular formula is C23H25ClN2O5S3. The fourth-order valence-corrected chi connectivity index (χ4v) is 7.03. The van der Waals surface area contributed by atoms with E-state index in [9.17, 15) is 16.8 Å². The summed E-state index contributed by atoms with van der Waals surface area (Å²) in [5.74, 6) is 0. The summed E-state index contributed by atoms with van der Waals surface area (Å²) in [6.07, 6.45) is 1.60. The zero-order valence-corrected chi connectivity index (χ0v) is 21.5. The van der Waals surface area contributed by atoms with Gasteiger partial charge >= 0.3 is 0 Å². The minimum Gasteiger partial charge on any atom is -0.377 e. The molecule has 0 aliphatic carbocycles. The zero-order chi connectivity index (χ0) is 24.2. The molecule has 34 heavy (non-hydrogen) atoms. The number of sulfonamides is 2. The Balaban J connectivity index is 1.54. The summed E-state index contributed by atoms with van der Waals surface area (Å²) >= 11 is 7.44. The van der Waals surface area contributed by atoms with Crippen LogP contribution in [0.3, 0.4) is 0 Å². The molecule has 0 amide bonds. The normalized spacial score (nSPS) is 16.8. The molecule has 7 nitrogen and oxygen atoms in total. The van der Waals surface area contributed by atoms with E-state index in [0.717, 1.165) is 23.3 Å². The molecule has 0 unspecified atom stereocenters. The lowest BCUT2D eigenvalue weighted by molar-refractivity contribution is 0.114. The molecule has 2 heterocycles. The van der Waals surface area contributed by atoms with Gasteiger partial charge in [-0.15, -0.1) is 11.3 Å². The number of hydrogen-bond acceptors (Lipinski definition) is 6. The number of hydrogen-bond donors (Lipinski definition) is 1. The average Bonchev–Trinajstić information content (AvgIpc) is 3.53. The highest BCUT2D eigenvalue weighted by molar-refractivity contribution is 7.89. The maximum Gasteiger partial charge on any atom is 0.243 e. The van der Waals surface area contributed by atoms with Gasteiger partial charge in [-0.25, -0.2) is 21.6 Å². The lowest BCUT2D eigenvalue weighted by Crippen LogP contribution is -2.32. The maximum absolute atomic E-state index is 13.5. The largest absolute Gasteiger partial charge is 0.377 e. The topological polar surface area (TPSA) is 92.8 Å². The summed E-state index contributed by atoms with van der Waals surface area (Å²) in [6, 6.07) is 16.1. The Morgan fingerprint density at radius 3 is 2.29 bits per heavy atom. The SMILES string of the molecule is O=S(=O)(NC[C@H]1CCCO1)c1ccc(S(=O)(=O)N(Cc2ccc(Cl)cc2)Cc2cccs2)cc1. The Hall–Kier alpha value is -1.79. The number of nitrogens with one attached hydrogen (secondary N) is 1. The molecular weight excluding hydrogens is 516 g/mol. The summed E-state index contributed by atoms with van der Waals surface area (Å²) in [5, 5.41) is 2.47. The predicted molar refractivity (Wildman–Crippen MR) is 133 cm³/mol. The van der Waals surface area contributed by atoms with Gasteiger partial charge in [0.05, 0.1) is 15.9 Å². The van der Waals surface area contributed by atoms with Crippen LogP contribution >= 0.6 is 22.9 Å². The van der Waals surface area contributed by atoms with Gasteiger partial charge in [0.2, 0.25) is 20.0 Å². The van der Waals surface area contributed by atoms with E-state index in [-0.39, 0.29) is 35.5 Å². The van der Waals surface area contributed by atoms with Crippen LogP contribution in [-0.4, -0.2) is 40.4 Å². The van der Waals surface area contributed by atoms with Crippen molar-refractivity contribution in [1.29, 1.82) is 0 Å². The molecule has 11 heteroatoms. The van der Waals surface area contributed by atoms with E-state index in [0.29, 0.717) is 11.6 Å². The number of nitrogens with zero attached hydrogens (tertiary/aromatic N) is 1. The molecule has 4 rings (SSSR count). The van der Waals surface area contributed by atoms with Gasteiger partial charge in [0, 0.05) is 36.1 Å². The molecule has 1 atom stereocenters. The number of ether oxygens (including phenoxy) is 1. The number of benzene rings is 2. The van der Waals surface area contributed by atoms with Crippen LogP contribution in [0.2, 0.25) is 5.02 Å². The van der Waals surface area contributed by atoms with Crippen molar-refractivity contribution in [1.82, 2.24) is 9.03 Å². The van der Waals surface area contributed by atoms with E-state index in [2.05, 4.69) is 4.72 Å². The highest BCUT2D eigenvalue weighted by Crippen LogP contribution is 2.25. The van der Waals surface area contributed by atoms with Gasteiger partial charge in [-0.3, -0.25) is 0 Å². The van der Waals surface area contributed by atoms with Crippen molar-refractivity contribution in [2.75, 3.05) is 13.2 Å². The first kappa shape index (κ1) is 25.3. The van der Waals surface area contributed by atoms with Gasteiger partial charge in [0.25, 0.3) is 0 Å². The standard InChI is InChI=1S/C23H25ClN2O5S3/c24-19-7-5-18(6-8-19)16-26(17-21-4-2-14-32-21)34(29,30)23-11-9-22(10-12-23)33(27,28)25-15-20-3-1-13-31-20/h2,4-12,14,20,25H,1,3,13,15-17H2/t20-/m1/s1. The van der Waals surface area contributed by atoms with Crippen LogP contribution in [-0.2, 0) is 37.9 Å². The van der Waals surface area contributed by atoms with Crippen molar-refractivity contribution >= 4 is 43.0 Å². The van der Waals surface area contributed by atoms with Gasteiger partial charge in [-0.05, 0) is 66.2 Å². The maximum atomic E-state index is 13.5. The predicted octanol–water partition coefficient (Wildman–Crippen LogP) is 4.25. The second kappa shape index (κ2) is 10.9. The van der Waals surface area contributed by atoms with E-state index < -0.39 is 20.0 Å². The first-order chi connectivity index (χ1) is 16.2. The van der Waals surface area contributed by atoms with Gasteiger partial charge in [0.15, 0.2) is 0 Å². The summed E-state index contributed by atoms with van der Waals surface area (Å²) in [4.78, 5) is 0.929. The minimum absolute atomic E-state index is 0.00644. The molecule has 1 aromatic heterocycles. The van der Waals surface area contributed by atoms with Crippen molar-refractivity contribution in [3.63, 3.8) is 0 Å². The Bertz CT molecular complexity index is 1290. The molecule has 1 aliphatic rings. The molecule has 0 saturated carbocycles. The number of rotatable bonds is 10. The molecule has 3 aromatic rings. The first-order valence-corrected chi connectivity index (χ1v) is 14.9. The van der Waals surface area contributed by atoms with Crippen molar-refractivity contribution in [3.05, 3.63) is 81.5 Å². The minimum atomic E-state index is -3.90. The molecule has 182 valence electrons. The number of thiophene rings is 1. The van der Waals surface area contributed by atoms with Crippen LogP contribution in [0.15, 0.2) is 75.8 Å². The van der Waals surface area contributed by atoms with Gasteiger partial charge in [0.1, 0.15) is 0 Å². The second-order valence-electron chi connectivity index (χ2n) is 7.94. The third-order valence-corrected chi connectivity index (χ3v) is 9.84. The molecule has 0 bridgehead atoms. The Morgan fingerprint density at radius 1 is 0.971 bits per heavy atom. The van der Waals surface area contributed by atoms with Crippen molar-refractivity contribution in [2.24, 2.45) is 0 Å². The summed E-state index contributed by atoms with van der Waals surface area (Å²) in [7, 11) is -7.67. The van der Waals surface area contributed by atoms with Crippen LogP contribution in [0, 0.1) is 0 Å². The highest BCUT2D eigenvalue weighted by atomic mass is 35.5. The van der Waals surface area contributed by atoms with E-state index in [1.165, 1.54) is 39.9 Å².